The van der Waals surface area contributed by atoms with Crippen molar-refractivity contribution < 1.29 is 18.8 Å². The van der Waals surface area contributed by atoms with Crippen molar-refractivity contribution in [3.8, 4) is 22.8 Å². The van der Waals surface area contributed by atoms with Crippen LogP contribution in [-0.4, -0.2) is 54.6 Å². The van der Waals surface area contributed by atoms with Crippen molar-refractivity contribution >= 4 is 17.5 Å². The van der Waals surface area contributed by atoms with Gasteiger partial charge in [0.2, 0.25) is 11.5 Å². The van der Waals surface area contributed by atoms with Crippen molar-refractivity contribution in [1.82, 2.24) is 30.0 Å². The Morgan fingerprint density at radius 1 is 1.12 bits per heavy atom. The number of rotatable bonds is 5. The van der Waals surface area contributed by atoms with Gasteiger partial charge in [0.1, 0.15) is 5.69 Å². The van der Waals surface area contributed by atoms with Crippen molar-refractivity contribution in [2.24, 2.45) is 0 Å². The van der Waals surface area contributed by atoms with Crippen molar-refractivity contribution in [1.29, 1.82) is 0 Å². The van der Waals surface area contributed by atoms with E-state index in [0.29, 0.717) is 35.0 Å². The van der Waals surface area contributed by atoms with Crippen LogP contribution in [0.5, 0.6) is 0 Å². The standard InChI is InChI=1S/C23H20FN7O3/c1-13-10-18(14(24)12-26-13)29-22-25-8-6-17(28-22)15-4-3-5-16(27-15)19-11-20(34-30-19)23(33)7-9-31(2)21(23)32/h3-6,8,10-12,33H,7,9H2,1-2H3,(H,25,26,28,29)/t23-/m1/s1. The second-order valence-corrected chi connectivity index (χ2v) is 8.02. The summed E-state index contributed by atoms with van der Waals surface area (Å²) in [6.45, 7) is 2.18. The predicted molar refractivity (Wildman–Crippen MR) is 119 cm³/mol. The normalized spacial score (nSPS) is 17.9. The number of nitrogens with zero attached hydrogens (tertiary/aromatic N) is 6. The van der Waals surface area contributed by atoms with Gasteiger partial charge in [-0.15, -0.1) is 0 Å². The first-order chi connectivity index (χ1) is 16.3. The van der Waals surface area contributed by atoms with E-state index >= 15 is 0 Å². The molecule has 4 aromatic heterocycles. The van der Waals surface area contributed by atoms with Gasteiger partial charge in [-0.25, -0.2) is 19.3 Å². The number of aliphatic hydroxyl groups is 1. The molecule has 1 fully saturated rings. The highest BCUT2D eigenvalue weighted by molar-refractivity contribution is 5.87. The van der Waals surface area contributed by atoms with Gasteiger partial charge in [0.05, 0.1) is 29.0 Å². The summed E-state index contributed by atoms with van der Waals surface area (Å²) in [5.74, 6) is -0.676. The van der Waals surface area contributed by atoms with Crippen molar-refractivity contribution in [3.05, 3.63) is 66.1 Å². The van der Waals surface area contributed by atoms with Crippen LogP contribution in [0.25, 0.3) is 22.8 Å². The van der Waals surface area contributed by atoms with E-state index in [1.54, 1.807) is 44.3 Å². The van der Waals surface area contributed by atoms with E-state index in [-0.39, 0.29) is 23.8 Å². The third-order valence-corrected chi connectivity index (χ3v) is 5.60. The Morgan fingerprint density at radius 3 is 2.65 bits per heavy atom. The first kappa shape index (κ1) is 21.6. The largest absolute Gasteiger partial charge is 0.373 e. The fraction of sp³-hybridized carbons (Fsp3) is 0.217. The molecule has 0 spiro atoms. The minimum Gasteiger partial charge on any atom is -0.373 e. The number of halogens is 1. The van der Waals surface area contributed by atoms with Crippen LogP contribution in [0.1, 0.15) is 17.9 Å². The molecule has 2 N–H and O–H groups in total. The summed E-state index contributed by atoms with van der Waals surface area (Å²) in [5.41, 5.74) is 0.997. The maximum Gasteiger partial charge on any atom is 0.262 e. The van der Waals surface area contributed by atoms with Gasteiger partial charge in [-0.3, -0.25) is 9.78 Å². The molecule has 172 valence electrons. The van der Waals surface area contributed by atoms with E-state index in [4.69, 9.17) is 4.52 Å². The molecule has 5 heterocycles. The van der Waals surface area contributed by atoms with Gasteiger partial charge in [-0.1, -0.05) is 11.2 Å². The molecule has 10 nitrogen and oxygen atoms in total. The van der Waals surface area contributed by atoms with Gasteiger partial charge in [-0.2, -0.15) is 0 Å². The molecule has 0 bridgehead atoms. The number of carbonyl (C=O) groups excluding carboxylic acids is 1. The Kier molecular flexibility index (Phi) is 5.25. The molecule has 0 aromatic carbocycles. The number of likely N-dealkylation sites (N-methyl/N-ethyl adjacent to an activating group) is 1. The van der Waals surface area contributed by atoms with E-state index in [2.05, 4.69) is 30.4 Å². The van der Waals surface area contributed by atoms with Crippen LogP contribution < -0.4 is 5.32 Å². The number of anilines is 2. The monoisotopic (exact) mass is 461 g/mol. The summed E-state index contributed by atoms with van der Waals surface area (Å²) < 4.78 is 19.4. The fourth-order valence-electron chi connectivity index (χ4n) is 3.71. The molecular weight excluding hydrogens is 441 g/mol. The number of nitrogens with one attached hydrogen (secondary N) is 1. The molecular formula is C23H20FN7O3. The number of aryl methyl sites for hydroxylation is 1. The lowest BCUT2D eigenvalue weighted by Gasteiger charge is -2.16. The average molecular weight is 461 g/mol. The van der Waals surface area contributed by atoms with E-state index in [0.717, 1.165) is 6.20 Å². The number of likely N-dealkylation sites (tertiary alicyclic amines) is 1. The van der Waals surface area contributed by atoms with Gasteiger partial charge >= 0.3 is 0 Å². The number of amides is 1. The van der Waals surface area contributed by atoms with Crippen LogP contribution in [0.2, 0.25) is 0 Å². The zero-order valence-electron chi connectivity index (χ0n) is 18.4. The average Bonchev–Trinajstić information content (AvgIpc) is 3.44. The molecule has 11 heteroatoms. The van der Waals surface area contributed by atoms with E-state index in [1.807, 2.05) is 0 Å². The van der Waals surface area contributed by atoms with Crippen LogP contribution in [0, 0.1) is 12.7 Å². The first-order valence-corrected chi connectivity index (χ1v) is 10.5. The first-order valence-electron chi connectivity index (χ1n) is 10.5. The lowest BCUT2D eigenvalue weighted by Crippen LogP contribution is -2.35. The van der Waals surface area contributed by atoms with E-state index in [9.17, 15) is 14.3 Å². The predicted octanol–water partition coefficient (Wildman–Crippen LogP) is 2.83. The summed E-state index contributed by atoms with van der Waals surface area (Å²) in [6, 6.07) is 10.0. The molecule has 4 aromatic rings. The number of hydrogen-bond donors (Lipinski definition) is 2. The Balaban J connectivity index is 1.42. The summed E-state index contributed by atoms with van der Waals surface area (Å²) in [5, 5.41) is 17.6. The maximum atomic E-state index is 14.1. The Labute approximate surface area is 193 Å². The second-order valence-electron chi connectivity index (χ2n) is 8.02. The van der Waals surface area contributed by atoms with Crippen molar-refractivity contribution in [2.45, 2.75) is 18.9 Å². The number of pyridine rings is 2. The van der Waals surface area contributed by atoms with E-state index in [1.165, 1.54) is 17.2 Å². The molecule has 0 radical (unpaired) electrons. The Hall–Kier alpha value is -4.25. The molecule has 1 saturated heterocycles. The zero-order valence-corrected chi connectivity index (χ0v) is 18.4. The smallest absolute Gasteiger partial charge is 0.262 e. The van der Waals surface area contributed by atoms with Gasteiger partial charge in [-0.05, 0) is 31.2 Å². The van der Waals surface area contributed by atoms with Crippen LogP contribution in [0.15, 0.2) is 53.3 Å². The number of carbonyl (C=O) groups is 1. The molecule has 1 aliphatic heterocycles. The van der Waals surface area contributed by atoms with Crippen LogP contribution >= 0.6 is 0 Å². The Morgan fingerprint density at radius 2 is 1.88 bits per heavy atom. The van der Waals surface area contributed by atoms with Crippen LogP contribution in [0.3, 0.4) is 0 Å². The molecule has 1 amide bonds. The van der Waals surface area contributed by atoms with Crippen molar-refractivity contribution in [3.63, 3.8) is 0 Å². The van der Waals surface area contributed by atoms with Gasteiger partial charge in [0.15, 0.2) is 11.6 Å². The van der Waals surface area contributed by atoms with Crippen LogP contribution in [0.4, 0.5) is 16.0 Å². The minimum atomic E-state index is -1.73. The fourth-order valence-corrected chi connectivity index (χ4v) is 3.71. The van der Waals surface area contributed by atoms with Gasteiger partial charge < -0.3 is 19.8 Å². The quantitative estimate of drug-likeness (QED) is 0.461. The highest BCUT2D eigenvalue weighted by atomic mass is 19.1. The molecule has 34 heavy (non-hydrogen) atoms. The third kappa shape index (κ3) is 3.86. The van der Waals surface area contributed by atoms with Gasteiger partial charge in [0.25, 0.3) is 5.91 Å². The maximum absolute atomic E-state index is 14.1. The summed E-state index contributed by atoms with van der Waals surface area (Å²) >= 11 is 0. The molecule has 1 atom stereocenters. The molecule has 0 unspecified atom stereocenters. The highest BCUT2D eigenvalue weighted by Gasteiger charge is 2.48. The third-order valence-electron chi connectivity index (χ3n) is 5.60. The lowest BCUT2D eigenvalue weighted by atomic mass is 9.98. The minimum absolute atomic E-state index is 0.0762. The SMILES string of the molecule is Cc1cc(Nc2nccc(-c3cccc(-c4cc([C@]5(O)CCN(C)C5=O)on4)n3)n2)c(F)cn1. The topological polar surface area (TPSA) is 130 Å². The highest BCUT2D eigenvalue weighted by Crippen LogP contribution is 2.34. The number of hydrogen-bond acceptors (Lipinski definition) is 9. The van der Waals surface area contributed by atoms with Crippen molar-refractivity contribution in [2.75, 3.05) is 18.9 Å². The molecule has 0 saturated carbocycles. The van der Waals surface area contributed by atoms with E-state index < -0.39 is 17.3 Å². The summed E-state index contributed by atoms with van der Waals surface area (Å²) in [7, 11) is 1.62. The summed E-state index contributed by atoms with van der Waals surface area (Å²) in [6.07, 6.45) is 2.89. The Bertz CT molecular complexity index is 1390. The molecule has 5 rings (SSSR count). The number of aromatic nitrogens is 5. The molecule has 1 aliphatic rings. The zero-order chi connectivity index (χ0) is 23.9. The molecule has 0 aliphatic carbocycles. The van der Waals surface area contributed by atoms with Gasteiger partial charge in [0, 0.05) is 38.0 Å². The second kappa shape index (κ2) is 8.27. The lowest BCUT2D eigenvalue weighted by molar-refractivity contribution is -0.144. The summed E-state index contributed by atoms with van der Waals surface area (Å²) in [4.78, 5) is 30.9. The van der Waals surface area contributed by atoms with Crippen LogP contribution in [-0.2, 0) is 10.4 Å².